The average molecular weight is 397 g/mol. The monoisotopic (exact) mass is 396 g/mol. The van der Waals surface area contributed by atoms with E-state index in [4.69, 9.17) is 16.3 Å². The molecule has 0 saturated carbocycles. The maximum atomic E-state index is 10.4. The van der Waals surface area contributed by atoms with E-state index < -0.39 is 11.2 Å². The van der Waals surface area contributed by atoms with Crippen molar-refractivity contribution in [2.24, 2.45) is 0 Å². The average Bonchev–Trinajstić information content (AvgIpc) is 3.00. The van der Waals surface area contributed by atoms with Gasteiger partial charge in [0.2, 0.25) is 0 Å². The van der Waals surface area contributed by atoms with Crippen molar-refractivity contribution in [1.82, 2.24) is 0 Å². The lowest BCUT2D eigenvalue weighted by Gasteiger charge is -2.37. The summed E-state index contributed by atoms with van der Waals surface area (Å²) >= 11 is 8.60. The van der Waals surface area contributed by atoms with Crippen LogP contribution in [0.5, 0.6) is 0 Å². The third-order valence-electron chi connectivity index (χ3n) is 5.62. The summed E-state index contributed by atoms with van der Waals surface area (Å²) in [5.74, 6) is 0. The molecular weight excluding hydrogens is 375 g/mol. The van der Waals surface area contributed by atoms with Crippen molar-refractivity contribution in [2.45, 2.75) is 38.9 Å². The summed E-state index contributed by atoms with van der Waals surface area (Å²) in [5, 5.41) is 15.8. The van der Waals surface area contributed by atoms with Gasteiger partial charge in [0, 0.05) is 30.6 Å². The van der Waals surface area contributed by atoms with Gasteiger partial charge in [0.15, 0.2) is 0 Å². The molecule has 0 aliphatic rings. The van der Waals surface area contributed by atoms with Crippen LogP contribution in [0.3, 0.4) is 0 Å². The zero-order valence-electron chi connectivity index (χ0n) is 16.0. The fourth-order valence-electron chi connectivity index (χ4n) is 3.24. The summed E-state index contributed by atoms with van der Waals surface area (Å²) in [4.78, 5) is 0. The van der Waals surface area contributed by atoms with Crippen LogP contribution in [0.25, 0.3) is 30.9 Å². The van der Waals surface area contributed by atoms with E-state index in [-0.39, 0.29) is 0 Å². The molecule has 0 bridgehead atoms. The number of aliphatic hydroxyl groups is 1. The van der Waals surface area contributed by atoms with Crippen molar-refractivity contribution in [3.05, 3.63) is 53.6 Å². The Morgan fingerprint density at radius 2 is 1.52 bits per heavy atom. The minimum atomic E-state index is -0.963. The lowest BCUT2D eigenvalue weighted by atomic mass is 9.81. The highest BCUT2D eigenvalue weighted by molar-refractivity contribution is 7.27. The van der Waals surface area contributed by atoms with E-state index in [0.29, 0.717) is 7.48 Å². The molecule has 0 amide bonds. The normalized spacial score (nSPS) is 13.0. The fraction of sp³-hybridized carbons (Fsp3) is 0.273. The van der Waals surface area contributed by atoms with Crippen molar-refractivity contribution in [1.29, 1.82) is 0 Å². The predicted octanol–water partition coefficient (Wildman–Crippen LogP) is 5.40. The highest BCUT2D eigenvalue weighted by atomic mass is 35.5. The second-order valence-corrected chi connectivity index (χ2v) is 9.43. The molecule has 3 aromatic carbocycles. The van der Waals surface area contributed by atoms with E-state index in [2.05, 4.69) is 42.5 Å². The van der Waals surface area contributed by atoms with Crippen LogP contribution in [0.1, 0.15) is 27.7 Å². The summed E-state index contributed by atoms with van der Waals surface area (Å²) in [6.45, 7) is 7.35. The fourth-order valence-corrected chi connectivity index (χ4v) is 4.86. The first-order chi connectivity index (χ1) is 12.7. The molecule has 0 radical (unpaired) electrons. The van der Waals surface area contributed by atoms with E-state index in [1.807, 2.05) is 19.9 Å². The van der Waals surface area contributed by atoms with E-state index in [1.54, 1.807) is 25.2 Å². The molecule has 138 valence electrons. The zero-order chi connectivity index (χ0) is 19.4. The Morgan fingerprint density at radius 1 is 0.926 bits per heavy atom. The second kappa shape index (κ2) is 6.49. The van der Waals surface area contributed by atoms with Gasteiger partial charge >= 0.3 is 7.48 Å². The Balaban J connectivity index is 1.98. The molecule has 0 aliphatic carbocycles. The Bertz CT molecular complexity index is 1160. The number of hydrogen-bond donors (Lipinski definition) is 1. The smallest absolute Gasteiger partial charge is 0.312 e. The van der Waals surface area contributed by atoms with Crippen LogP contribution in [0.4, 0.5) is 0 Å². The molecule has 4 aromatic rings. The third kappa shape index (κ3) is 3.05. The van der Waals surface area contributed by atoms with Crippen LogP contribution in [0.15, 0.2) is 48.5 Å². The lowest BCUT2D eigenvalue weighted by Crippen LogP contribution is -2.49. The number of halogens is 1. The van der Waals surface area contributed by atoms with Gasteiger partial charge in [-0.15, -0.1) is 11.3 Å². The maximum Gasteiger partial charge on any atom is 0.312 e. The first kappa shape index (κ1) is 18.8. The molecule has 1 heterocycles. The molecule has 0 saturated heterocycles. The number of benzene rings is 3. The molecule has 0 unspecified atom stereocenters. The van der Waals surface area contributed by atoms with Gasteiger partial charge in [-0.3, -0.25) is 0 Å². The van der Waals surface area contributed by atoms with Crippen molar-refractivity contribution >= 4 is 66.8 Å². The van der Waals surface area contributed by atoms with E-state index >= 15 is 0 Å². The van der Waals surface area contributed by atoms with E-state index in [1.165, 1.54) is 20.9 Å². The van der Waals surface area contributed by atoms with Crippen molar-refractivity contribution in [3.8, 4) is 0 Å². The summed E-state index contributed by atoms with van der Waals surface area (Å²) in [6, 6.07) is 16.7. The maximum absolute atomic E-state index is 10.4. The van der Waals surface area contributed by atoms with Crippen LogP contribution < -0.4 is 5.46 Å². The summed E-state index contributed by atoms with van der Waals surface area (Å²) in [6.07, 6.45) is 0. The highest BCUT2D eigenvalue weighted by Crippen LogP contribution is 2.40. The number of thiophene rings is 1. The second-order valence-electron chi connectivity index (χ2n) is 8.00. The molecule has 1 N–H and O–H groups in total. The molecule has 27 heavy (non-hydrogen) atoms. The molecular formula is C22H22BClO2S. The third-order valence-corrected chi connectivity index (χ3v) is 7.28. The molecule has 0 aliphatic heterocycles. The Hall–Kier alpha value is -1.59. The Labute approximate surface area is 169 Å². The van der Waals surface area contributed by atoms with Crippen molar-refractivity contribution in [3.63, 3.8) is 0 Å². The first-order valence-electron chi connectivity index (χ1n) is 9.07. The summed E-state index contributed by atoms with van der Waals surface area (Å²) in [7, 11) is 0.351. The standard InChI is InChI=1S/C22H22BClO2S/c1-21(2,25)22(3,4)26-23-18-19(24)14-10-6-5-9-13(14)17-15-11-7-8-12-16(15)27-20(17)18/h5-12,23,25H,1-4H3. The minimum Gasteiger partial charge on any atom is -0.427 e. The van der Waals surface area contributed by atoms with Crippen LogP contribution in [0.2, 0.25) is 5.02 Å². The van der Waals surface area contributed by atoms with Gasteiger partial charge in [-0.25, -0.2) is 0 Å². The number of fused-ring (bicyclic) bond motifs is 5. The SMILES string of the molecule is CC(C)(O)C(C)(C)OBc1c(Cl)c2ccccc2c2c1sc1ccccc12. The lowest BCUT2D eigenvalue weighted by molar-refractivity contribution is -0.0892. The molecule has 1 aromatic heterocycles. The molecule has 0 atom stereocenters. The first-order valence-corrected chi connectivity index (χ1v) is 10.3. The minimum absolute atomic E-state index is 0.351. The zero-order valence-corrected chi connectivity index (χ0v) is 17.5. The van der Waals surface area contributed by atoms with Gasteiger partial charge in [0.05, 0.1) is 11.2 Å². The highest BCUT2D eigenvalue weighted by Gasteiger charge is 2.36. The van der Waals surface area contributed by atoms with Gasteiger partial charge in [-0.05, 0) is 44.6 Å². The predicted molar refractivity (Wildman–Crippen MR) is 120 cm³/mol. The Kier molecular flexibility index (Phi) is 4.51. The van der Waals surface area contributed by atoms with Crippen LogP contribution in [0, 0.1) is 0 Å². The number of rotatable bonds is 4. The quantitative estimate of drug-likeness (QED) is 0.468. The Morgan fingerprint density at radius 3 is 2.19 bits per heavy atom. The van der Waals surface area contributed by atoms with Gasteiger partial charge in [-0.2, -0.15) is 0 Å². The van der Waals surface area contributed by atoms with Crippen LogP contribution >= 0.6 is 22.9 Å². The van der Waals surface area contributed by atoms with Crippen molar-refractivity contribution < 1.29 is 9.76 Å². The van der Waals surface area contributed by atoms with Crippen LogP contribution in [-0.4, -0.2) is 23.8 Å². The van der Waals surface area contributed by atoms with E-state index in [0.717, 1.165) is 20.6 Å². The van der Waals surface area contributed by atoms with Gasteiger partial charge < -0.3 is 9.76 Å². The molecule has 0 fully saturated rings. The molecule has 2 nitrogen and oxygen atoms in total. The van der Waals surface area contributed by atoms with Crippen molar-refractivity contribution in [2.75, 3.05) is 0 Å². The summed E-state index contributed by atoms with van der Waals surface area (Å²) < 4.78 is 8.58. The van der Waals surface area contributed by atoms with Gasteiger partial charge in [-0.1, -0.05) is 54.1 Å². The topological polar surface area (TPSA) is 29.5 Å². The molecule has 4 rings (SSSR count). The van der Waals surface area contributed by atoms with Gasteiger partial charge in [0.25, 0.3) is 0 Å². The van der Waals surface area contributed by atoms with Gasteiger partial charge in [0.1, 0.15) is 0 Å². The molecule has 5 heteroatoms. The largest absolute Gasteiger partial charge is 0.427 e. The van der Waals surface area contributed by atoms with Crippen LogP contribution in [-0.2, 0) is 4.65 Å². The summed E-state index contributed by atoms with van der Waals surface area (Å²) in [5.41, 5.74) is -0.676. The van der Waals surface area contributed by atoms with E-state index in [9.17, 15) is 5.11 Å². The molecule has 0 spiro atoms. The number of hydrogen-bond acceptors (Lipinski definition) is 3.